The SMILES string of the molecule is CC1CCCC(CN)(Nc2ccc3nnnn3n2)C1. The molecule has 2 heterocycles. The minimum atomic E-state index is -0.0493. The van der Waals surface area contributed by atoms with Crippen molar-refractivity contribution in [1.29, 1.82) is 0 Å². The Kier molecular flexibility index (Phi) is 3.06. The Labute approximate surface area is 111 Å². The van der Waals surface area contributed by atoms with Gasteiger partial charge in [0.15, 0.2) is 5.65 Å². The Bertz CT molecular complexity index is 566. The molecule has 0 saturated heterocycles. The number of aromatic nitrogens is 5. The van der Waals surface area contributed by atoms with Crippen molar-refractivity contribution >= 4 is 11.5 Å². The van der Waals surface area contributed by atoms with Crippen molar-refractivity contribution in [2.24, 2.45) is 11.7 Å². The van der Waals surface area contributed by atoms with Crippen molar-refractivity contribution in [1.82, 2.24) is 25.3 Å². The summed E-state index contributed by atoms with van der Waals surface area (Å²) in [5.74, 6) is 1.47. The van der Waals surface area contributed by atoms with Crippen LogP contribution in [-0.4, -0.2) is 37.3 Å². The standard InChI is InChI=1S/C12H19N7/c1-9-3-2-6-12(7-9,8-13)14-10-4-5-11-15-17-18-19(11)16-10/h4-5,9H,2-3,6-8,13H2,1H3,(H,14,16). The van der Waals surface area contributed by atoms with E-state index in [2.05, 4.69) is 32.9 Å². The van der Waals surface area contributed by atoms with Crippen LogP contribution in [0.1, 0.15) is 32.6 Å². The predicted octanol–water partition coefficient (Wildman–Crippen LogP) is 0.839. The number of tetrazole rings is 1. The third kappa shape index (κ3) is 2.37. The fraction of sp³-hybridized carbons (Fsp3) is 0.667. The highest BCUT2D eigenvalue weighted by Crippen LogP contribution is 2.33. The first-order valence-electron chi connectivity index (χ1n) is 6.74. The van der Waals surface area contributed by atoms with E-state index in [0.29, 0.717) is 18.1 Å². The maximum Gasteiger partial charge on any atom is 0.200 e. The summed E-state index contributed by atoms with van der Waals surface area (Å²) in [7, 11) is 0. The number of nitrogens with two attached hydrogens (primary N) is 1. The first-order chi connectivity index (χ1) is 9.21. The van der Waals surface area contributed by atoms with Gasteiger partial charge in [0.05, 0.1) is 5.54 Å². The van der Waals surface area contributed by atoms with Crippen LogP contribution < -0.4 is 11.1 Å². The topological polar surface area (TPSA) is 94.0 Å². The Morgan fingerprint density at radius 1 is 1.53 bits per heavy atom. The molecule has 0 aromatic carbocycles. The molecule has 19 heavy (non-hydrogen) atoms. The van der Waals surface area contributed by atoms with Gasteiger partial charge < -0.3 is 11.1 Å². The summed E-state index contributed by atoms with van der Waals surface area (Å²) in [6.45, 7) is 2.90. The highest BCUT2D eigenvalue weighted by molar-refractivity contribution is 5.44. The lowest BCUT2D eigenvalue weighted by Gasteiger charge is -2.40. The van der Waals surface area contributed by atoms with Gasteiger partial charge in [-0.2, -0.15) is 0 Å². The van der Waals surface area contributed by atoms with Crippen molar-refractivity contribution in [3.8, 4) is 0 Å². The highest BCUT2D eigenvalue weighted by atomic mass is 15.6. The number of rotatable bonds is 3. The lowest BCUT2D eigenvalue weighted by atomic mass is 9.76. The van der Waals surface area contributed by atoms with Gasteiger partial charge in [-0.3, -0.25) is 0 Å². The molecule has 1 aliphatic rings. The van der Waals surface area contributed by atoms with E-state index < -0.39 is 0 Å². The molecular formula is C12H19N7. The molecule has 2 aromatic heterocycles. The molecule has 0 amide bonds. The molecule has 2 atom stereocenters. The van der Waals surface area contributed by atoms with E-state index in [9.17, 15) is 0 Å². The van der Waals surface area contributed by atoms with Crippen LogP contribution in [0, 0.1) is 5.92 Å². The third-order valence-corrected chi connectivity index (χ3v) is 3.94. The van der Waals surface area contributed by atoms with Crippen LogP contribution >= 0.6 is 0 Å². The van der Waals surface area contributed by atoms with Crippen molar-refractivity contribution in [3.63, 3.8) is 0 Å². The van der Waals surface area contributed by atoms with Gasteiger partial charge in [0, 0.05) is 6.54 Å². The molecule has 2 unspecified atom stereocenters. The summed E-state index contributed by atoms with van der Waals surface area (Å²) in [6, 6.07) is 3.76. The molecule has 1 saturated carbocycles. The van der Waals surface area contributed by atoms with Crippen molar-refractivity contribution < 1.29 is 0 Å². The third-order valence-electron chi connectivity index (χ3n) is 3.94. The fourth-order valence-corrected chi connectivity index (χ4v) is 3.00. The van der Waals surface area contributed by atoms with Gasteiger partial charge >= 0.3 is 0 Å². The van der Waals surface area contributed by atoms with Gasteiger partial charge in [0.1, 0.15) is 5.82 Å². The fourth-order valence-electron chi connectivity index (χ4n) is 3.00. The van der Waals surface area contributed by atoms with E-state index in [0.717, 1.165) is 18.7 Å². The van der Waals surface area contributed by atoms with Crippen LogP contribution in [-0.2, 0) is 0 Å². The zero-order valence-electron chi connectivity index (χ0n) is 11.1. The van der Waals surface area contributed by atoms with Crippen LogP contribution in [0.4, 0.5) is 5.82 Å². The van der Waals surface area contributed by atoms with Crippen molar-refractivity contribution in [3.05, 3.63) is 12.1 Å². The van der Waals surface area contributed by atoms with E-state index >= 15 is 0 Å². The molecule has 2 aromatic rings. The Morgan fingerprint density at radius 3 is 3.21 bits per heavy atom. The smallest absolute Gasteiger partial charge is 0.200 e. The van der Waals surface area contributed by atoms with Crippen molar-refractivity contribution in [2.75, 3.05) is 11.9 Å². The Hall–Kier alpha value is -1.76. The molecule has 0 bridgehead atoms. The predicted molar refractivity (Wildman–Crippen MR) is 71.6 cm³/mol. The molecule has 102 valence electrons. The van der Waals surface area contributed by atoms with Crippen LogP contribution in [0.2, 0.25) is 0 Å². The second-order valence-electron chi connectivity index (χ2n) is 5.56. The normalized spacial score (nSPS) is 27.6. The minimum Gasteiger partial charge on any atom is -0.362 e. The maximum atomic E-state index is 6.00. The number of nitrogens with zero attached hydrogens (tertiary/aromatic N) is 5. The second-order valence-corrected chi connectivity index (χ2v) is 5.56. The molecule has 7 nitrogen and oxygen atoms in total. The first-order valence-corrected chi connectivity index (χ1v) is 6.74. The van der Waals surface area contributed by atoms with E-state index in [1.165, 1.54) is 17.5 Å². The summed E-state index contributed by atoms with van der Waals surface area (Å²) < 4.78 is 1.43. The van der Waals surface area contributed by atoms with E-state index in [1.54, 1.807) is 0 Å². The van der Waals surface area contributed by atoms with Gasteiger partial charge in [0.25, 0.3) is 0 Å². The van der Waals surface area contributed by atoms with Crippen molar-refractivity contribution in [2.45, 2.75) is 38.1 Å². The number of hydrogen-bond donors (Lipinski definition) is 2. The van der Waals surface area contributed by atoms with Gasteiger partial charge in [0.2, 0.25) is 0 Å². The maximum absolute atomic E-state index is 6.00. The van der Waals surface area contributed by atoms with E-state index in [-0.39, 0.29) is 5.54 Å². The molecule has 3 rings (SSSR count). The van der Waals surface area contributed by atoms with Gasteiger partial charge in [-0.1, -0.05) is 19.8 Å². The number of nitrogens with one attached hydrogen (secondary N) is 1. The second kappa shape index (κ2) is 4.73. The molecule has 0 spiro atoms. The average molecular weight is 261 g/mol. The quantitative estimate of drug-likeness (QED) is 0.850. The lowest BCUT2D eigenvalue weighted by Crippen LogP contribution is -2.49. The van der Waals surface area contributed by atoms with Crippen LogP contribution in [0.5, 0.6) is 0 Å². The summed E-state index contributed by atoms with van der Waals surface area (Å²) in [5.41, 5.74) is 6.60. The van der Waals surface area contributed by atoms with Crippen LogP contribution in [0.3, 0.4) is 0 Å². The largest absolute Gasteiger partial charge is 0.362 e. The number of hydrogen-bond acceptors (Lipinski definition) is 6. The van der Waals surface area contributed by atoms with Gasteiger partial charge in [-0.25, -0.2) is 0 Å². The molecule has 3 N–H and O–H groups in total. The average Bonchev–Trinajstić information content (AvgIpc) is 2.86. The van der Waals surface area contributed by atoms with Gasteiger partial charge in [-0.05, 0) is 41.3 Å². The molecule has 1 fully saturated rings. The monoisotopic (exact) mass is 261 g/mol. The molecular weight excluding hydrogens is 242 g/mol. The van der Waals surface area contributed by atoms with Crippen LogP contribution in [0.25, 0.3) is 5.65 Å². The van der Waals surface area contributed by atoms with E-state index in [4.69, 9.17) is 5.73 Å². The summed E-state index contributed by atoms with van der Waals surface area (Å²) in [4.78, 5) is 0. The molecule has 1 aliphatic carbocycles. The molecule has 0 aliphatic heterocycles. The van der Waals surface area contributed by atoms with E-state index in [1.807, 2.05) is 12.1 Å². The zero-order valence-corrected chi connectivity index (χ0v) is 11.1. The molecule has 0 radical (unpaired) electrons. The highest BCUT2D eigenvalue weighted by Gasteiger charge is 2.34. The summed E-state index contributed by atoms with van der Waals surface area (Å²) >= 11 is 0. The summed E-state index contributed by atoms with van der Waals surface area (Å²) in [6.07, 6.45) is 4.66. The Balaban J connectivity index is 1.85. The number of anilines is 1. The molecule has 7 heteroatoms. The number of fused-ring (bicyclic) bond motifs is 1. The van der Waals surface area contributed by atoms with Gasteiger partial charge in [-0.15, -0.1) is 14.8 Å². The lowest BCUT2D eigenvalue weighted by molar-refractivity contribution is 0.263. The Morgan fingerprint density at radius 2 is 2.42 bits per heavy atom. The van der Waals surface area contributed by atoms with Crippen LogP contribution in [0.15, 0.2) is 12.1 Å². The first kappa shape index (κ1) is 12.3. The minimum absolute atomic E-state index is 0.0493. The zero-order chi connectivity index (χ0) is 13.3. The summed E-state index contributed by atoms with van der Waals surface area (Å²) in [5, 5.41) is 19.1.